The van der Waals surface area contributed by atoms with E-state index in [1.807, 2.05) is 13.8 Å². The molecular weight excluding hydrogens is 342 g/mol. The van der Waals surface area contributed by atoms with E-state index in [4.69, 9.17) is 10.5 Å². The van der Waals surface area contributed by atoms with Crippen molar-refractivity contribution in [3.05, 3.63) is 23.8 Å². The minimum atomic E-state index is -3.70. The Morgan fingerprint density at radius 1 is 1.39 bits per heavy atom. The third-order valence-corrected chi connectivity index (χ3v) is 5.73. The highest BCUT2D eigenvalue weighted by molar-refractivity contribution is 7.89. The number of hydrogen-bond acceptors (Lipinski definition) is 5. The van der Waals surface area contributed by atoms with E-state index in [2.05, 4.69) is 5.32 Å². The number of carbonyl (C=O) groups excluding carboxylic acids is 1. The fourth-order valence-electron chi connectivity index (χ4n) is 2.50. The second-order valence-electron chi connectivity index (χ2n) is 5.46. The maximum absolute atomic E-state index is 12.8. The normalized spacial score (nSPS) is 22.2. The second kappa shape index (κ2) is 7.48. The molecule has 1 fully saturated rings. The van der Waals surface area contributed by atoms with Crippen molar-refractivity contribution in [1.29, 1.82) is 0 Å². The van der Waals surface area contributed by atoms with Crippen LogP contribution < -0.4 is 15.8 Å². The predicted octanol–water partition coefficient (Wildman–Crippen LogP) is 0.587. The van der Waals surface area contributed by atoms with E-state index in [-0.39, 0.29) is 40.7 Å². The Morgan fingerprint density at radius 3 is 2.61 bits per heavy atom. The predicted molar refractivity (Wildman–Crippen MR) is 89.6 cm³/mol. The van der Waals surface area contributed by atoms with Gasteiger partial charge in [0.15, 0.2) is 0 Å². The minimum absolute atomic E-state index is 0. The molecule has 0 aromatic heterocycles. The van der Waals surface area contributed by atoms with Crippen LogP contribution in [-0.4, -0.2) is 50.9 Å². The Balaban J connectivity index is 0.00000264. The molecule has 3 N–H and O–H groups in total. The number of halogens is 1. The first kappa shape index (κ1) is 19.7. The molecule has 0 bridgehead atoms. The Morgan fingerprint density at radius 2 is 2.04 bits per heavy atom. The van der Waals surface area contributed by atoms with Crippen molar-refractivity contribution in [3.8, 4) is 5.75 Å². The molecule has 1 aromatic carbocycles. The monoisotopic (exact) mass is 363 g/mol. The number of sulfonamides is 1. The molecule has 2 unspecified atom stereocenters. The summed E-state index contributed by atoms with van der Waals surface area (Å²) in [6.07, 6.45) is 0. The molecule has 0 saturated carbocycles. The van der Waals surface area contributed by atoms with Crippen LogP contribution >= 0.6 is 12.4 Å². The fourth-order valence-corrected chi connectivity index (χ4v) is 4.24. The Hall–Kier alpha value is -1.35. The SMILES string of the molecule is COc1ccc(S(=O)(=O)N2CC(C)NCC2C)cc1C(N)=O.Cl. The van der Waals surface area contributed by atoms with Crippen molar-refractivity contribution in [2.24, 2.45) is 5.73 Å². The number of nitrogens with zero attached hydrogens (tertiary/aromatic N) is 1. The van der Waals surface area contributed by atoms with Crippen molar-refractivity contribution in [2.75, 3.05) is 20.2 Å². The molecular formula is C14H22ClN3O4S. The number of nitrogens with one attached hydrogen (secondary N) is 1. The van der Waals surface area contributed by atoms with E-state index in [0.717, 1.165) is 0 Å². The highest BCUT2D eigenvalue weighted by Crippen LogP contribution is 2.26. The lowest BCUT2D eigenvalue weighted by Gasteiger charge is -2.36. The average molecular weight is 364 g/mol. The van der Waals surface area contributed by atoms with Crippen LogP contribution in [-0.2, 0) is 10.0 Å². The molecule has 0 spiro atoms. The summed E-state index contributed by atoms with van der Waals surface area (Å²) in [7, 11) is -2.30. The zero-order valence-electron chi connectivity index (χ0n) is 13.3. The fraction of sp³-hybridized carbons (Fsp3) is 0.500. The number of nitrogens with two attached hydrogens (primary N) is 1. The molecule has 7 nitrogen and oxygen atoms in total. The quantitative estimate of drug-likeness (QED) is 0.815. The van der Waals surface area contributed by atoms with E-state index in [1.54, 1.807) is 0 Å². The van der Waals surface area contributed by atoms with Gasteiger partial charge in [0, 0.05) is 25.2 Å². The van der Waals surface area contributed by atoms with Gasteiger partial charge in [0.25, 0.3) is 5.91 Å². The molecule has 0 aliphatic carbocycles. The van der Waals surface area contributed by atoms with Gasteiger partial charge in [0.1, 0.15) is 5.75 Å². The summed E-state index contributed by atoms with van der Waals surface area (Å²) >= 11 is 0. The molecule has 130 valence electrons. The number of carbonyl (C=O) groups is 1. The molecule has 0 radical (unpaired) electrons. The summed E-state index contributed by atoms with van der Waals surface area (Å²) in [5, 5.41) is 3.23. The summed E-state index contributed by atoms with van der Waals surface area (Å²) < 4.78 is 32.1. The first-order chi connectivity index (χ1) is 10.3. The van der Waals surface area contributed by atoms with E-state index < -0.39 is 15.9 Å². The van der Waals surface area contributed by atoms with Crippen LogP contribution in [0.1, 0.15) is 24.2 Å². The molecule has 2 atom stereocenters. The van der Waals surface area contributed by atoms with E-state index in [1.165, 1.54) is 29.6 Å². The third kappa shape index (κ3) is 3.95. The van der Waals surface area contributed by atoms with Crippen molar-refractivity contribution in [1.82, 2.24) is 9.62 Å². The number of hydrogen-bond donors (Lipinski definition) is 2. The maximum Gasteiger partial charge on any atom is 0.252 e. The van der Waals surface area contributed by atoms with Crippen LogP contribution in [0.5, 0.6) is 5.75 Å². The molecule has 1 aliphatic heterocycles. The molecule has 2 rings (SSSR count). The minimum Gasteiger partial charge on any atom is -0.496 e. The molecule has 1 saturated heterocycles. The summed E-state index contributed by atoms with van der Waals surface area (Å²) in [5.74, 6) is -0.469. The van der Waals surface area contributed by atoms with Crippen molar-refractivity contribution >= 4 is 28.3 Å². The number of ether oxygens (including phenoxy) is 1. The number of rotatable bonds is 4. The summed E-state index contributed by atoms with van der Waals surface area (Å²) in [6, 6.07) is 4.05. The third-order valence-electron chi connectivity index (χ3n) is 3.75. The van der Waals surface area contributed by atoms with Gasteiger partial charge < -0.3 is 15.8 Å². The van der Waals surface area contributed by atoms with Crippen molar-refractivity contribution in [3.63, 3.8) is 0 Å². The topological polar surface area (TPSA) is 102 Å². The van der Waals surface area contributed by atoms with E-state index in [9.17, 15) is 13.2 Å². The summed E-state index contributed by atoms with van der Waals surface area (Å²) in [5.41, 5.74) is 5.35. The first-order valence-corrected chi connectivity index (χ1v) is 8.44. The lowest BCUT2D eigenvalue weighted by Crippen LogP contribution is -2.56. The number of benzene rings is 1. The number of primary amides is 1. The van der Waals surface area contributed by atoms with Gasteiger partial charge in [-0.1, -0.05) is 0 Å². The van der Waals surface area contributed by atoms with E-state index in [0.29, 0.717) is 13.1 Å². The smallest absolute Gasteiger partial charge is 0.252 e. The van der Waals surface area contributed by atoms with Crippen LogP contribution in [0.4, 0.5) is 0 Å². The number of amides is 1. The standard InChI is InChI=1S/C14H21N3O4S.ClH/c1-9-8-17(10(2)7-16-9)22(19,20)11-4-5-13(21-3)12(6-11)14(15)18;/h4-6,9-10,16H,7-8H2,1-3H3,(H2,15,18);1H. The van der Waals surface area contributed by atoms with Crippen LogP contribution in [0.25, 0.3) is 0 Å². The van der Waals surface area contributed by atoms with Crippen molar-refractivity contribution in [2.45, 2.75) is 30.8 Å². The lowest BCUT2D eigenvalue weighted by molar-refractivity contribution is 0.0997. The largest absolute Gasteiger partial charge is 0.496 e. The van der Waals surface area contributed by atoms with Gasteiger partial charge in [-0.05, 0) is 32.0 Å². The molecule has 1 aliphatic rings. The Bertz CT molecular complexity index is 681. The Kier molecular flexibility index (Phi) is 6.41. The van der Waals surface area contributed by atoms with Crippen molar-refractivity contribution < 1.29 is 17.9 Å². The van der Waals surface area contributed by atoms with Gasteiger partial charge in [-0.3, -0.25) is 4.79 Å². The first-order valence-electron chi connectivity index (χ1n) is 7.00. The number of piperazine rings is 1. The zero-order valence-corrected chi connectivity index (χ0v) is 14.9. The Labute approximate surface area is 142 Å². The van der Waals surface area contributed by atoms with Crippen LogP contribution in [0.15, 0.2) is 23.1 Å². The second-order valence-corrected chi connectivity index (χ2v) is 7.35. The van der Waals surface area contributed by atoms with Gasteiger partial charge in [0.2, 0.25) is 10.0 Å². The highest BCUT2D eigenvalue weighted by Gasteiger charge is 2.33. The van der Waals surface area contributed by atoms with Gasteiger partial charge in [-0.2, -0.15) is 4.31 Å². The molecule has 1 heterocycles. The van der Waals surface area contributed by atoms with Crippen LogP contribution in [0, 0.1) is 0 Å². The van der Waals surface area contributed by atoms with Crippen LogP contribution in [0.2, 0.25) is 0 Å². The summed E-state index contributed by atoms with van der Waals surface area (Å²) in [4.78, 5) is 11.5. The maximum atomic E-state index is 12.8. The molecule has 23 heavy (non-hydrogen) atoms. The number of methoxy groups -OCH3 is 1. The van der Waals surface area contributed by atoms with Crippen LogP contribution in [0.3, 0.4) is 0 Å². The van der Waals surface area contributed by atoms with Gasteiger partial charge in [0.05, 0.1) is 17.6 Å². The molecule has 1 aromatic rings. The lowest BCUT2D eigenvalue weighted by atomic mass is 10.2. The summed E-state index contributed by atoms with van der Waals surface area (Å²) in [6.45, 7) is 4.73. The van der Waals surface area contributed by atoms with Gasteiger partial charge in [-0.15, -0.1) is 12.4 Å². The zero-order chi connectivity index (χ0) is 16.5. The average Bonchev–Trinajstić information content (AvgIpc) is 2.48. The molecule has 1 amide bonds. The van der Waals surface area contributed by atoms with Gasteiger partial charge >= 0.3 is 0 Å². The molecule has 9 heteroatoms. The van der Waals surface area contributed by atoms with E-state index >= 15 is 0 Å². The van der Waals surface area contributed by atoms with Gasteiger partial charge in [-0.25, -0.2) is 8.42 Å². The highest BCUT2D eigenvalue weighted by atomic mass is 35.5.